The highest BCUT2D eigenvalue weighted by molar-refractivity contribution is 5.95. The highest BCUT2D eigenvalue weighted by Gasteiger charge is 2.37. The third kappa shape index (κ3) is 5.14. The molecule has 1 heterocycles. The maximum absolute atomic E-state index is 12.5. The Morgan fingerprint density at radius 2 is 1.96 bits per heavy atom. The topological polar surface area (TPSA) is 72.9 Å². The Kier molecular flexibility index (Phi) is 6.54. The SMILES string of the molecule is O=C(CCCC(=O)N1CCOC1C1C=CC=CC1=O)OCc1ccccc1. The van der Waals surface area contributed by atoms with E-state index in [0.717, 1.165) is 5.56 Å². The van der Waals surface area contributed by atoms with E-state index in [1.54, 1.807) is 23.1 Å². The first kappa shape index (κ1) is 19.0. The summed E-state index contributed by atoms with van der Waals surface area (Å²) in [6, 6.07) is 9.46. The molecular weight excluding hydrogens is 346 g/mol. The number of carbonyl (C=O) groups is 3. The fourth-order valence-electron chi connectivity index (χ4n) is 3.17. The molecule has 1 saturated heterocycles. The number of hydrogen-bond donors (Lipinski definition) is 0. The van der Waals surface area contributed by atoms with Gasteiger partial charge in [0.25, 0.3) is 0 Å². The Morgan fingerprint density at radius 3 is 2.74 bits per heavy atom. The number of esters is 1. The van der Waals surface area contributed by atoms with Gasteiger partial charge in [0.2, 0.25) is 5.91 Å². The van der Waals surface area contributed by atoms with Gasteiger partial charge in [-0.05, 0) is 18.1 Å². The van der Waals surface area contributed by atoms with Crippen molar-refractivity contribution < 1.29 is 23.9 Å². The van der Waals surface area contributed by atoms with Crippen molar-refractivity contribution in [3.8, 4) is 0 Å². The number of ketones is 1. The van der Waals surface area contributed by atoms with Crippen LogP contribution in [-0.4, -0.2) is 41.9 Å². The van der Waals surface area contributed by atoms with Crippen LogP contribution in [-0.2, 0) is 30.5 Å². The van der Waals surface area contributed by atoms with Crippen molar-refractivity contribution in [2.45, 2.75) is 32.1 Å². The molecule has 27 heavy (non-hydrogen) atoms. The minimum atomic E-state index is -0.559. The number of nitrogens with zero attached hydrogens (tertiary/aromatic N) is 1. The molecule has 2 unspecified atom stereocenters. The van der Waals surface area contributed by atoms with E-state index in [9.17, 15) is 14.4 Å². The van der Waals surface area contributed by atoms with Gasteiger partial charge >= 0.3 is 5.97 Å². The van der Waals surface area contributed by atoms with Crippen molar-refractivity contribution in [1.82, 2.24) is 4.90 Å². The number of ether oxygens (including phenoxy) is 2. The van der Waals surface area contributed by atoms with Gasteiger partial charge in [-0.3, -0.25) is 14.4 Å². The number of amides is 1. The van der Waals surface area contributed by atoms with E-state index in [2.05, 4.69) is 0 Å². The monoisotopic (exact) mass is 369 g/mol. The summed E-state index contributed by atoms with van der Waals surface area (Å²) >= 11 is 0. The van der Waals surface area contributed by atoms with Crippen LogP contribution >= 0.6 is 0 Å². The molecule has 0 aromatic heterocycles. The van der Waals surface area contributed by atoms with E-state index in [4.69, 9.17) is 9.47 Å². The lowest BCUT2D eigenvalue weighted by atomic mass is 9.96. The van der Waals surface area contributed by atoms with E-state index in [1.165, 1.54) is 6.08 Å². The quantitative estimate of drug-likeness (QED) is 0.690. The molecule has 6 nitrogen and oxygen atoms in total. The Labute approximate surface area is 158 Å². The lowest BCUT2D eigenvalue weighted by Gasteiger charge is -2.28. The molecule has 0 spiro atoms. The smallest absolute Gasteiger partial charge is 0.306 e. The molecule has 1 aliphatic heterocycles. The van der Waals surface area contributed by atoms with Crippen LogP contribution < -0.4 is 0 Å². The van der Waals surface area contributed by atoms with Crippen LogP contribution in [0.1, 0.15) is 24.8 Å². The Morgan fingerprint density at radius 1 is 1.15 bits per heavy atom. The van der Waals surface area contributed by atoms with Gasteiger partial charge in [-0.2, -0.15) is 0 Å². The standard InChI is InChI=1S/C21H23NO5/c23-18-10-5-4-9-17(18)21-22(13-14-26-21)19(24)11-6-12-20(25)27-15-16-7-2-1-3-8-16/h1-5,7-10,17,21H,6,11-15H2. The van der Waals surface area contributed by atoms with Gasteiger partial charge in [0.1, 0.15) is 12.8 Å². The summed E-state index contributed by atoms with van der Waals surface area (Å²) in [5.41, 5.74) is 0.929. The lowest BCUT2D eigenvalue weighted by molar-refractivity contribution is -0.145. The maximum atomic E-state index is 12.5. The minimum absolute atomic E-state index is 0.0633. The van der Waals surface area contributed by atoms with E-state index in [0.29, 0.717) is 19.6 Å². The number of allylic oxidation sites excluding steroid dienone is 3. The Hall–Kier alpha value is -2.73. The normalized spacial score (nSPS) is 21.5. The van der Waals surface area contributed by atoms with Crippen LogP contribution in [0.4, 0.5) is 0 Å². The molecular formula is C21H23NO5. The van der Waals surface area contributed by atoms with Crippen molar-refractivity contribution in [1.29, 1.82) is 0 Å². The molecule has 1 amide bonds. The summed E-state index contributed by atoms with van der Waals surface area (Å²) < 4.78 is 10.8. The number of hydrogen-bond acceptors (Lipinski definition) is 5. The third-order valence-electron chi connectivity index (χ3n) is 4.59. The first-order valence-electron chi connectivity index (χ1n) is 9.14. The van der Waals surface area contributed by atoms with Crippen molar-refractivity contribution in [2.24, 2.45) is 5.92 Å². The zero-order valence-corrected chi connectivity index (χ0v) is 15.1. The molecule has 142 valence electrons. The largest absolute Gasteiger partial charge is 0.461 e. The fraction of sp³-hybridized carbons (Fsp3) is 0.381. The van der Waals surface area contributed by atoms with Gasteiger partial charge in [-0.25, -0.2) is 0 Å². The van der Waals surface area contributed by atoms with Gasteiger partial charge in [0.05, 0.1) is 12.5 Å². The average Bonchev–Trinajstić information content (AvgIpc) is 3.17. The molecule has 2 aliphatic rings. The van der Waals surface area contributed by atoms with Crippen molar-refractivity contribution in [3.63, 3.8) is 0 Å². The zero-order chi connectivity index (χ0) is 19.1. The Bertz CT molecular complexity index is 740. The molecule has 3 rings (SSSR count). The lowest BCUT2D eigenvalue weighted by Crippen LogP contribution is -2.43. The maximum Gasteiger partial charge on any atom is 0.306 e. The van der Waals surface area contributed by atoms with Crippen LogP contribution in [0.5, 0.6) is 0 Å². The number of rotatable bonds is 7. The summed E-state index contributed by atoms with van der Waals surface area (Å²) in [7, 11) is 0. The van der Waals surface area contributed by atoms with Gasteiger partial charge in [0.15, 0.2) is 5.78 Å². The van der Waals surface area contributed by atoms with Crippen LogP contribution in [0.3, 0.4) is 0 Å². The molecule has 1 fully saturated rings. The van der Waals surface area contributed by atoms with E-state index >= 15 is 0 Å². The first-order chi connectivity index (χ1) is 13.1. The van der Waals surface area contributed by atoms with Gasteiger partial charge in [-0.15, -0.1) is 0 Å². The number of benzene rings is 1. The summed E-state index contributed by atoms with van der Waals surface area (Å²) in [5.74, 6) is -0.954. The second-order valence-electron chi connectivity index (χ2n) is 6.52. The predicted octanol–water partition coefficient (Wildman–Crippen LogP) is 2.40. The van der Waals surface area contributed by atoms with Crippen molar-refractivity contribution in [2.75, 3.05) is 13.2 Å². The summed E-state index contributed by atoms with van der Waals surface area (Å²) in [6.07, 6.45) is 6.99. The van der Waals surface area contributed by atoms with Crippen molar-refractivity contribution >= 4 is 17.7 Å². The Balaban J connectivity index is 1.42. The van der Waals surface area contributed by atoms with E-state index < -0.39 is 12.1 Å². The highest BCUT2D eigenvalue weighted by atomic mass is 16.5. The van der Waals surface area contributed by atoms with E-state index in [1.807, 2.05) is 30.3 Å². The molecule has 0 radical (unpaired) electrons. The van der Waals surface area contributed by atoms with Gasteiger partial charge < -0.3 is 14.4 Å². The minimum Gasteiger partial charge on any atom is -0.461 e. The second-order valence-corrected chi connectivity index (χ2v) is 6.52. The van der Waals surface area contributed by atoms with Crippen LogP contribution in [0, 0.1) is 5.92 Å². The second kappa shape index (κ2) is 9.28. The van der Waals surface area contributed by atoms with Gasteiger partial charge in [-0.1, -0.05) is 48.6 Å². The highest BCUT2D eigenvalue weighted by Crippen LogP contribution is 2.24. The summed E-state index contributed by atoms with van der Waals surface area (Å²) in [5, 5.41) is 0. The molecule has 1 aromatic rings. The molecule has 1 aromatic carbocycles. The summed E-state index contributed by atoms with van der Waals surface area (Å²) in [6.45, 7) is 1.11. The number of carbonyl (C=O) groups excluding carboxylic acids is 3. The molecule has 1 aliphatic carbocycles. The van der Waals surface area contributed by atoms with Crippen molar-refractivity contribution in [3.05, 3.63) is 60.2 Å². The molecule has 0 saturated carbocycles. The predicted molar refractivity (Wildman–Crippen MR) is 98.3 cm³/mol. The zero-order valence-electron chi connectivity index (χ0n) is 15.1. The molecule has 0 N–H and O–H groups in total. The average molecular weight is 369 g/mol. The summed E-state index contributed by atoms with van der Waals surface area (Å²) in [4.78, 5) is 38.0. The molecule has 2 atom stereocenters. The van der Waals surface area contributed by atoms with Gasteiger partial charge in [0, 0.05) is 19.4 Å². The van der Waals surface area contributed by atoms with Crippen LogP contribution in [0.25, 0.3) is 0 Å². The van der Waals surface area contributed by atoms with E-state index in [-0.39, 0.29) is 37.1 Å². The molecule has 0 bridgehead atoms. The van der Waals surface area contributed by atoms with Crippen LogP contribution in [0.15, 0.2) is 54.6 Å². The third-order valence-corrected chi connectivity index (χ3v) is 4.59. The fourth-order valence-corrected chi connectivity index (χ4v) is 3.17. The van der Waals surface area contributed by atoms with Crippen LogP contribution in [0.2, 0.25) is 0 Å². The molecule has 6 heteroatoms. The first-order valence-corrected chi connectivity index (χ1v) is 9.14.